The van der Waals surface area contributed by atoms with Crippen LogP contribution >= 0.6 is 0 Å². The minimum atomic E-state index is 0.436. The summed E-state index contributed by atoms with van der Waals surface area (Å²) in [5.74, 6) is 1.84. The van der Waals surface area contributed by atoms with Crippen LogP contribution in [0.1, 0.15) is 50.3 Å². The van der Waals surface area contributed by atoms with Gasteiger partial charge in [-0.1, -0.05) is 13.3 Å². The lowest BCUT2D eigenvalue weighted by Gasteiger charge is -2.41. The molecule has 0 bridgehead atoms. The fraction of sp³-hybridized carbons (Fsp3) is 0.750. The molecule has 2 N–H and O–H groups in total. The van der Waals surface area contributed by atoms with E-state index in [9.17, 15) is 0 Å². The quantitative estimate of drug-likeness (QED) is 0.841. The van der Waals surface area contributed by atoms with Gasteiger partial charge in [0.15, 0.2) is 0 Å². The van der Waals surface area contributed by atoms with E-state index < -0.39 is 0 Å². The molecule has 3 rings (SSSR count). The highest BCUT2D eigenvalue weighted by molar-refractivity contribution is 5.50. The Balaban J connectivity index is 1.96. The molecule has 0 spiro atoms. The lowest BCUT2D eigenvalue weighted by atomic mass is 9.90. The molecule has 0 aromatic carbocycles. The van der Waals surface area contributed by atoms with E-state index in [2.05, 4.69) is 21.8 Å². The monoisotopic (exact) mass is 274 g/mol. The summed E-state index contributed by atoms with van der Waals surface area (Å²) in [7, 11) is 0. The first-order valence-electron chi connectivity index (χ1n) is 8.10. The highest BCUT2D eigenvalue weighted by atomic mass is 15.2. The molecule has 2 aliphatic rings. The van der Waals surface area contributed by atoms with Crippen molar-refractivity contribution in [2.24, 2.45) is 11.7 Å². The fourth-order valence-electron chi connectivity index (χ4n) is 3.80. The zero-order valence-corrected chi connectivity index (χ0v) is 12.5. The molecular formula is C16H26N4. The lowest BCUT2D eigenvalue weighted by Crippen LogP contribution is -2.49. The van der Waals surface area contributed by atoms with E-state index in [-0.39, 0.29) is 0 Å². The van der Waals surface area contributed by atoms with Crippen molar-refractivity contribution in [2.45, 2.75) is 57.9 Å². The minimum Gasteiger partial charge on any atom is -0.352 e. The van der Waals surface area contributed by atoms with E-state index in [0.717, 1.165) is 25.9 Å². The Morgan fingerprint density at radius 2 is 2.05 bits per heavy atom. The van der Waals surface area contributed by atoms with E-state index in [1.54, 1.807) is 6.33 Å². The Hall–Kier alpha value is -1.16. The topological polar surface area (TPSA) is 55.0 Å². The molecule has 2 heterocycles. The van der Waals surface area contributed by atoms with Gasteiger partial charge in [-0.05, 0) is 44.4 Å². The van der Waals surface area contributed by atoms with E-state index in [1.165, 1.54) is 49.2 Å². The van der Waals surface area contributed by atoms with Gasteiger partial charge in [0.2, 0.25) is 0 Å². The summed E-state index contributed by atoms with van der Waals surface area (Å²) in [6, 6.07) is 0.436. The molecule has 1 aromatic rings. The molecule has 110 valence electrons. The van der Waals surface area contributed by atoms with Crippen LogP contribution in [0, 0.1) is 5.92 Å². The van der Waals surface area contributed by atoms with E-state index >= 15 is 0 Å². The fourth-order valence-corrected chi connectivity index (χ4v) is 3.80. The van der Waals surface area contributed by atoms with Gasteiger partial charge in [0.1, 0.15) is 12.1 Å². The first-order valence-corrected chi connectivity index (χ1v) is 8.10. The Morgan fingerprint density at radius 3 is 2.90 bits per heavy atom. The van der Waals surface area contributed by atoms with Crippen molar-refractivity contribution in [3.05, 3.63) is 17.6 Å². The third kappa shape index (κ3) is 2.53. The number of hydrogen-bond acceptors (Lipinski definition) is 4. The maximum Gasteiger partial charge on any atom is 0.135 e. The molecule has 0 radical (unpaired) electrons. The summed E-state index contributed by atoms with van der Waals surface area (Å²) in [6.45, 7) is 4.14. The maximum atomic E-state index is 6.04. The van der Waals surface area contributed by atoms with Gasteiger partial charge in [-0.25, -0.2) is 9.97 Å². The zero-order chi connectivity index (χ0) is 13.9. The van der Waals surface area contributed by atoms with Crippen LogP contribution in [0.4, 0.5) is 5.82 Å². The number of hydrogen-bond donors (Lipinski definition) is 1. The van der Waals surface area contributed by atoms with Crippen LogP contribution in [-0.2, 0) is 12.8 Å². The molecule has 0 saturated carbocycles. The van der Waals surface area contributed by atoms with E-state index in [4.69, 9.17) is 5.73 Å². The second kappa shape index (κ2) is 6.08. The molecule has 4 heteroatoms. The number of aromatic nitrogens is 2. The van der Waals surface area contributed by atoms with Crippen LogP contribution in [0.25, 0.3) is 0 Å². The number of fused-ring (bicyclic) bond motifs is 1. The van der Waals surface area contributed by atoms with Crippen molar-refractivity contribution >= 4 is 5.82 Å². The summed E-state index contributed by atoms with van der Waals surface area (Å²) in [5, 5.41) is 0. The van der Waals surface area contributed by atoms with Gasteiger partial charge in [0, 0.05) is 30.4 Å². The number of piperidine rings is 1. The Labute approximate surface area is 121 Å². The van der Waals surface area contributed by atoms with E-state index in [0.29, 0.717) is 12.0 Å². The Kier molecular flexibility index (Phi) is 4.20. The molecule has 20 heavy (non-hydrogen) atoms. The first-order chi connectivity index (χ1) is 9.81. The van der Waals surface area contributed by atoms with Gasteiger partial charge in [-0.3, -0.25) is 0 Å². The normalized spacial score (nSPS) is 27.0. The summed E-state index contributed by atoms with van der Waals surface area (Å²) < 4.78 is 0. The third-order valence-electron chi connectivity index (χ3n) is 4.98. The van der Waals surface area contributed by atoms with Gasteiger partial charge < -0.3 is 10.6 Å². The molecule has 1 fully saturated rings. The van der Waals surface area contributed by atoms with Crippen LogP contribution < -0.4 is 10.6 Å². The molecule has 1 saturated heterocycles. The molecule has 2 unspecified atom stereocenters. The second-order valence-electron chi connectivity index (χ2n) is 6.30. The second-order valence-corrected chi connectivity index (χ2v) is 6.30. The number of rotatable bonds is 2. The van der Waals surface area contributed by atoms with Crippen molar-refractivity contribution in [1.82, 2.24) is 9.97 Å². The molecule has 1 aromatic heterocycles. The number of nitrogens with two attached hydrogens (primary N) is 1. The van der Waals surface area contributed by atoms with Crippen LogP contribution in [0.3, 0.4) is 0 Å². The lowest BCUT2D eigenvalue weighted by molar-refractivity contribution is 0.347. The van der Waals surface area contributed by atoms with Crippen molar-refractivity contribution < 1.29 is 0 Å². The number of nitrogens with zero attached hydrogens (tertiary/aromatic N) is 3. The van der Waals surface area contributed by atoms with Crippen LogP contribution in [0.2, 0.25) is 0 Å². The summed E-state index contributed by atoms with van der Waals surface area (Å²) >= 11 is 0. The predicted molar refractivity (Wildman–Crippen MR) is 81.9 cm³/mol. The molecule has 4 nitrogen and oxygen atoms in total. The minimum absolute atomic E-state index is 0.436. The largest absolute Gasteiger partial charge is 0.352 e. The Morgan fingerprint density at radius 1 is 1.20 bits per heavy atom. The van der Waals surface area contributed by atoms with Gasteiger partial charge >= 0.3 is 0 Å². The van der Waals surface area contributed by atoms with Gasteiger partial charge in [0.25, 0.3) is 0 Å². The third-order valence-corrected chi connectivity index (χ3v) is 4.98. The number of aryl methyl sites for hydroxylation is 1. The smallest absolute Gasteiger partial charge is 0.135 e. The maximum absolute atomic E-state index is 6.04. The summed E-state index contributed by atoms with van der Waals surface area (Å²) in [5.41, 5.74) is 8.72. The van der Waals surface area contributed by atoms with Crippen molar-refractivity contribution in [1.29, 1.82) is 0 Å². The average molecular weight is 274 g/mol. The zero-order valence-electron chi connectivity index (χ0n) is 12.5. The van der Waals surface area contributed by atoms with Crippen LogP contribution in [0.5, 0.6) is 0 Å². The molecule has 1 aliphatic heterocycles. The van der Waals surface area contributed by atoms with Gasteiger partial charge in [-0.15, -0.1) is 0 Å². The molecular weight excluding hydrogens is 248 g/mol. The highest BCUT2D eigenvalue weighted by Crippen LogP contribution is 2.32. The standard InChI is InChI=1S/C16H26N4/c1-12-6-5-9-20(15(12)10-17)16-13-7-3-2-4-8-14(13)18-11-19-16/h11-12,15H,2-10,17H2,1H3. The Bertz CT molecular complexity index is 460. The van der Waals surface area contributed by atoms with Crippen molar-refractivity contribution in [2.75, 3.05) is 18.0 Å². The van der Waals surface area contributed by atoms with Crippen molar-refractivity contribution in [3.63, 3.8) is 0 Å². The molecule has 2 atom stereocenters. The summed E-state index contributed by atoms with van der Waals surface area (Å²) in [4.78, 5) is 11.7. The van der Waals surface area contributed by atoms with Crippen LogP contribution in [-0.4, -0.2) is 29.1 Å². The highest BCUT2D eigenvalue weighted by Gasteiger charge is 2.30. The molecule has 1 aliphatic carbocycles. The van der Waals surface area contributed by atoms with Gasteiger partial charge in [0.05, 0.1) is 0 Å². The first kappa shape index (κ1) is 13.8. The summed E-state index contributed by atoms with van der Waals surface area (Å²) in [6.07, 6.45) is 10.4. The molecule has 0 amide bonds. The van der Waals surface area contributed by atoms with Crippen molar-refractivity contribution in [3.8, 4) is 0 Å². The van der Waals surface area contributed by atoms with Crippen LogP contribution in [0.15, 0.2) is 6.33 Å². The van der Waals surface area contributed by atoms with E-state index in [1.807, 2.05) is 0 Å². The predicted octanol–water partition coefficient (Wildman–Crippen LogP) is 2.31. The SMILES string of the molecule is CC1CCCN(c2ncnc3c2CCCCC3)C1CN. The van der Waals surface area contributed by atoms with Gasteiger partial charge in [-0.2, -0.15) is 0 Å². The number of anilines is 1. The average Bonchev–Trinajstić information content (AvgIpc) is 2.72.